The molecule has 1 aliphatic rings. The number of carbonyl (C=O) groups excluding carboxylic acids is 2. The van der Waals surface area contributed by atoms with E-state index < -0.39 is 6.10 Å². The molecule has 0 radical (unpaired) electrons. The summed E-state index contributed by atoms with van der Waals surface area (Å²) >= 11 is 0. The molecule has 1 saturated heterocycles. The first-order valence-corrected chi connectivity index (χ1v) is 7.52. The van der Waals surface area contributed by atoms with Crippen molar-refractivity contribution in [1.82, 2.24) is 10.6 Å². The Morgan fingerprint density at radius 3 is 2.77 bits per heavy atom. The van der Waals surface area contributed by atoms with Crippen LogP contribution in [0.4, 0.5) is 5.69 Å². The first-order valence-electron chi connectivity index (χ1n) is 7.52. The van der Waals surface area contributed by atoms with Crippen LogP contribution in [0.25, 0.3) is 0 Å². The molecule has 6 nitrogen and oxygen atoms in total. The Labute approximate surface area is 130 Å². The number of hydrogen-bond acceptors (Lipinski definition) is 4. The maximum atomic E-state index is 11.9. The Kier molecular flexibility index (Phi) is 5.51. The lowest BCUT2D eigenvalue weighted by atomic mass is 10.1. The molecule has 120 valence electrons. The van der Waals surface area contributed by atoms with Gasteiger partial charge >= 0.3 is 0 Å². The molecule has 1 aromatic carbocycles. The molecule has 0 saturated carbocycles. The van der Waals surface area contributed by atoms with Crippen molar-refractivity contribution in [2.45, 2.75) is 38.8 Å². The van der Waals surface area contributed by atoms with Gasteiger partial charge in [0.05, 0.1) is 12.1 Å². The smallest absolute Gasteiger partial charge is 0.237 e. The van der Waals surface area contributed by atoms with Gasteiger partial charge in [-0.25, -0.2) is 0 Å². The van der Waals surface area contributed by atoms with Crippen molar-refractivity contribution in [2.24, 2.45) is 0 Å². The molecule has 1 aromatic rings. The van der Waals surface area contributed by atoms with E-state index in [-0.39, 0.29) is 30.8 Å². The predicted molar refractivity (Wildman–Crippen MR) is 84.6 cm³/mol. The highest BCUT2D eigenvalue weighted by Crippen LogP contribution is 2.16. The second kappa shape index (κ2) is 7.38. The van der Waals surface area contributed by atoms with Crippen LogP contribution < -0.4 is 16.0 Å². The maximum absolute atomic E-state index is 11.9. The molecule has 22 heavy (non-hydrogen) atoms. The highest BCUT2D eigenvalue weighted by atomic mass is 16.3. The third kappa shape index (κ3) is 4.54. The molecule has 0 unspecified atom stereocenters. The number of hydrogen-bond donors (Lipinski definition) is 4. The Morgan fingerprint density at radius 2 is 2.14 bits per heavy atom. The molecule has 2 rings (SSSR count). The van der Waals surface area contributed by atoms with Crippen LogP contribution in [0.2, 0.25) is 0 Å². The zero-order valence-corrected chi connectivity index (χ0v) is 13.0. The monoisotopic (exact) mass is 305 g/mol. The van der Waals surface area contributed by atoms with Crippen LogP contribution in [0.5, 0.6) is 0 Å². The number of aliphatic hydroxyl groups is 1. The Morgan fingerprint density at radius 1 is 1.36 bits per heavy atom. The minimum absolute atomic E-state index is 0.133. The zero-order valence-electron chi connectivity index (χ0n) is 13.0. The van der Waals surface area contributed by atoms with E-state index in [0.717, 1.165) is 16.8 Å². The van der Waals surface area contributed by atoms with Gasteiger partial charge in [0.25, 0.3) is 0 Å². The van der Waals surface area contributed by atoms with Gasteiger partial charge in [-0.3, -0.25) is 9.59 Å². The summed E-state index contributed by atoms with van der Waals surface area (Å²) < 4.78 is 0. The Hall–Kier alpha value is -1.92. The Balaban J connectivity index is 1.72. The van der Waals surface area contributed by atoms with Crippen LogP contribution in [0.1, 0.15) is 24.0 Å². The van der Waals surface area contributed by atoms with Crippen molar-refractivity contribution < 1.29 is 14.7 Å². The second-order valence-electron chi connectivity index (χ2n) is 5.76. The van der Waals surface area contributed by atoms with Crippen LogP contribution in [-0.2, 0) is 9.59 Å². The van der Waals surface area contributed by atoms with Crippen molar-refractivity contribution in [3.05, 3.63) is 29.3 Å². The van der Waals surface area contributed by atoms with E-state index >= 15 is 0 Å². The topological polar surface area (TPSA) is 90.5 Å². The predicted octanol–water partition coefficient (Wildman–Crippen LogP) is 0.471. The minimum atomic E-state index is -0.469. The number of benzene rings is 1. The van der Waals surface area contributed by atoms with E-state index in [0.29, 0.717) is 13.0 Å². The van der Waals surface area contributed by atoms with Gasteiger partial charge in [0, 0.05) is 25.2 Å². The maximum Gasteiger partial charge on any atom is 0.237 e. The lowest BCUT2D eigenvalue weighted by Crippen LogP contribution is -2.41. The van der Waals surface area contributed by atoms with Gasteiger partial charge in [0.1, 0.15) is 0 Å². The van der Waals surface area contributed by atoms with Gasteiger partial charge in [0.15, 0.2) is 0 Å². The standard InChI is InChI=1S/C16H23N3O3/c1-10-3-4-13(11(2)7-10)19-15(21)5-6-17-16(22)14-8-12(20)9-18-14/h3-4,7,12,14,18,20H,5-6,8-9H2,1-2H3,(H,17,22)(H,19,21)/t12-,14-/m1/s1. The number of anilines is 1. The van der Waals surface area contributed by atoms with Crippen LogP contribution in [0, 0.1) is 13.8 Å². The lowest BCUT2D eigenvalue weighted by Gasteiger charge is -2.12. The van der Waals surface area contributed by atoms with E-state index in [1.165, 1.54) is 0 Å². The SMILES string of the molecule is Cc1ccc(NC(=O)CCNC(=O)[C@H]2C[C@@H](O)CN2)c(C)c1. The first-order chi connectivity index (χ1) is 10.5. The van der Waals surface area contributed by atoms with Crippen molar-refractivity contribution in [3.63, 3.8) is 0 Å². The van der Waals surface area contributed by atoms with Crippen LogP contribution in [0.3, 0.4) is 0 Å². The van der Waals surface area contributed by atoms with E-state index in [9.17, 15) is 14.7 Å². The number of rotatable bonds is 5. The van der Waals surface area contributed by atoms with Gasteiger partial charge in [-0.1, -0.05) is 17.7 Å². The highest BCUT2D eigenvalue weighted by Gasteiger charge is 2.27. The van der Waals surface area contributed by atoms with Crippen LogP contribution >= 0.6 is 0 Å². The van der Waals surface area contributed by atoms with Gasteiger partial charge in [-0.15, -0.1) is 0 Å². The molecular weight excluding hydrogens is 282 g/mol. The lowest BCUT2D eigenvalue weighted by molar-refractivity contribution is -0.123. The number of aryl methyl sites for hydroxylation is 2. The van der Waals surface area contributed by atoms with Crippen LogP contribution in [0.15, 0.2) is 18.2 Å². The average molecular weight is 305 g/mol. The number of β-amino-alcohol motifs (C(OH)–C–C–N with tert-alkyl or cyclic N) is 1. The molecule has 4 N–H and O–H groups in total. The van der Waals surface area contributed by atoms with Gasteiger partial charge < -0.3 is 21.1 Å². The van der Waals surface area contributed by atoms with Gasteiger partial charge in [0.2, 0.25) is 11.8 Å². The molecule has 0 aliphatic carbocycles. The molecule has 2 amide bonds. The summed E-state index contributed by atoms with van der Waals surface area (Å²) in [6, 6.07) is 5.47. The van der Waals surface area contributed by atoms with E-state index in [2.05, 4.69) is 16.0 Å². The number of aliphatic hydroxyl groups excluding tert-OH is 1. The van der Waals surface area contributed by atoms with Crippen molar-refractivity contribution in [3.8, 4) is 0 Å². The van der Waals surface area contributed by atoms with E-state index in [1.807, 2.05) is 32.0 Å². The number of amides is 2. The number of carbonyl (C=O) groups is 2. The third-order valence-electron chi connectivity index (χ3n) is 3.73. The zero-order chi connectivity index (χ0) is 16.1. The first kappa shape index (κ1) is 16.5. The van der Waals surface area contributed by atoms with E-state index in [1.54, 1.807) is 0 Å². The summed E-state index contributed by atoms with van der Waals surface area (Å²) in [5.74, 6) is -0.303. The fraction of sp³-hybridized carbons (Fsp3) is 0.500. The van der Waals surface area contributed by atoms with Crippen LogP contribution in [-0.4, -0.2) is 42.2 Å². The van der Waals surface area contributed by atoms with Gasteiger partial charge in [-0.05, 0) is 31.9 Å². The third-order valence-corrected chi connectivity index (χ3v) is 3.73. The molecule has 1 aliphatic heterocycles. The number of nitrogens with one attached hydrogen (secondary N) is 3. The fourth-order valence-electron chi connectivity index (χ4n) is 2.51. The van der Waals surface area contributed by atoms with Crippen molar-refractivity contribution in [2.75, 3.05) is 18.4 Å². The van der Waals surface area contributed by atoms with E-state index in [4.69, 9.17) is 0 Å². The summed E-state index contributed by atoms with van der Waals surface area (Å²) in [6.45, 7) is 4.67. The summed E-state index contributed by atoms with van der Waals surface area (Å²) in [6.07, 6.45) is 0.165. The van der Waals surface area contributed by atoms with Crippen molar-refractivity contribution in [1.29, 1.82) is 0 Å². The normalized spacial score (nSPS) is 20.7. The molecule has 0 bridgehead atoms. The molecule has 6 heteroatoms. The second-order valence-corrected chi connectivity index (χ2v) is 5.76. The average Bonchev–Trinajstić information content (AvgIpc) is 2.88. The summed E-state index contributed by atoms with van der Waals surface area (Å²) in [4.78, 5) is 23.7. The molecular formula is C16H23N3O3. The largest absolute Gasteiger partial charge is 0.392 e. The molecule has 2 atom stereocenters. The highest BCUT2D eigenvalue weighted by molar-refractivity contribution is 5.92. The van der Waals surface area contributed by atoms with Gasteiger partial charge in [-0.2, -0.15) is 0 Å². The summed E-state index contributed by atoms with van der Waals surface area (Å²) in [5.41, 5.74) is 2.96. The minimum Gasteiger partial charge on any atom is -0.392 e. The van der Waals surface area contributed by atoms with Crippen molar-refractivity contribution >= 4 is 17.5 Å². The summed E-state index contributed by atoms with van der Waals surface area (Å²) in [7, 11) is 0. The molecule has 0 spiro atoms. The quantitative estimate of drug-likeness (QED) is 0.636. The Bertz CT molecular complexity index is 560. The fourth-order valence-corrected chi connectivity index (χ4v) is 2.51. The molecule has 1 fully saturated rings. The molecule has 0 aromatic heterocycles. The summed E-state index contributed by atoms with van der Waals surface area (Å²) in [5, 5.41) is 17.9. The molecule has 1 heterocycles.